The predicted octanol–water partition coefficient (Wildman–Crippen LogP) is 2.72. The lowest BCUT2D eigenvalue weighted by molar-refractivity contribution is -0.137. The Morgan fingerprint density at radius 2 is 2.06 bits per heavy atom. The van der Waals surface area contributed by atoms with E-state index in [2.05, 4.69) is 9.59 Å². The van der Waals surface area contributed by atoms with E-state index in [4.69, 9.17) is 0 Å². The highest BCUT2D eigenvalue weighted by Crippen LogP contribution is 2.31. The second kappa shape index (κ2) is 4.53. The van der Waals surface area contributed by atoms with Gasteiger partial charge in [-0.05, 0) is 29.7 Å². The normalized spacial score (nSPS) is 13.6. The van der Waals surface area contributed by atoms with Crippen LogP contribution in [0.2, 0.25) is 0 Å². The molecule has 0 amide bonds. The minimum atomic E-state index is -4.44. The standard InChI is InChI=1S/C9H5F3N2OS2/c10-9(11,12)6-2-1-3-7(4-6)17(15)8-5-13-14-16-8/h1-5H/t17-/m1/s1. The van der Waals surface area contributed by atoms with E-state index in [-0.39, 0.29) is 4.90 Å². The fourth-order valence-corrected chi connectivity index (χ4v) is 2.88. The molecule has 1 atom stereocenters. The number of hydrogen-bond donors (Lipinski definition) is 0. The Balaban J connectivity index is 2.38. The third kappa shape index (κ3) is 2.70. The average Bonchev–Trinajstić information content (AvgIpc) is 2.80. The van der Waals surface area contributed by atoms with Gasteiger partial charge >= 0.3 is 6.18 Å². The lowest BCUT2D eigenvalue weighted by atomic mass is 10.2. The Morgan fingerprint density at radius 3 is 2.65 bits per heavy atom. The number of nitrogens with zero attached hydrogens (tertiary/aromatic N) is 2. The van der Waals surface area contributed by atoms with Crippen molar-refractivity contribution in [3.05, 3.63) is 36.0 Å². The number of alkyl halides is 3. The van der Waals surface area contributed by atoms with E-state index in [0.29, 0.717) is 4.21 Å². The molecule has 0 unspecified atom stereocenters. The molecule has 0 saturated carbocycles. The van der Waals surface area contributed by atoms with Crippen LogP contribution in [0.1, 0.15) is 5.56 Å². The van der Waals surface area contributed by atoms with Gasteiger partial charge in [-0.2, -0.15) is 13.2 Å². The molecule has 90 valence electrons. The van der Waals surface area contributed by atoms with Crippen molar-refractivity contribution in [3.63, 3.8) is 0 Å². The van der Waals surface area contributed by atoms with Crippen molar-refractivity contribution >= 4 is 22.3 Å². The van der Waals surface area contributed by atoms with Gasteiger partial charge in [0.25, 0.3) is 0 Å². The number of aromatic nitrogens is 2. The van der Waals surface area contributed by atoms with E-state index in [1.165, 1.54) is 18.3 Å². The summed E-state index contributed by atoms with van der Waals surface area (Å²) in [4.78, 5) is 0.0888. The highest BCUT2D eigenvalue weighted by atomic mass is 32.2. The summed E-state index contributed by atoms with van der Waals surface area (Å²) in [6.07, 6.45) is -3.16. The van der Waals surface area contributed by atoms with Crippen LogP contribution in [0.25, 0.3) is 0 Å². The largest absolute Gasteiger partial charge is 0.416 e. The summed E-state index contributed by atoms with van der Waals surface area (Å²) in [6, 6.07) is 4.41. The molecule has 0 aliphatic heterocycles. The van der Waals surface area contributed by atoms with E-state index in [1.54, 1.807) is 0 Å². The van der Waals surface area contributed by atoms with E-state index in [0.717, 1.165) is 23.7 Å². The van der Waals surface area contributed by atoms with Crippen molar-refractivity contribution in [2.75, 3.05) is 0 Å². The van der Waals surface area contributed by atoms with Crippen molar-refractivity contribution in [1.82, 2.24) is 9.59 Å². The van der Waals surface area contributed by atoms with Crippen LogP contribution in [0.4, 0.5) is 13.2 Å². The van der Waals surface area contributed by atoms with Gasteiger partial charge in [0.2, 0.25) is 0 Å². The van der Waals surface area contributed by atoms with Gasteiger partial charge in [0.05, 0.1) is 22.6 Å². The van der Waals surface area contributed by atoms with Crippen molar-refractivity contribution < 1.29 is 17.4 Å². The van der Waals surface area contributed by atoms with Gasteiger partial charge in [0, 0.05) is 4.90 Å². The summed E-state index contributed by atoms with van der Waals surface area (Å²) in [5.74, 6) is 0. The SMILES string of the molecule is O=[S@](c1cccc(C(F)(F)F)c1)c1cnns1. The first-order valence-electron chi connectivity index (χ1n) is 4.35. The zero-order chi connectivity index (χ0) is 12.5. The Labute approximate surface area is 101 Å². The fraction of sp³-hybridized carbons (Fsp3) is 0.111. The van der Waals surface area contributed by atoms with Gasteiger partial charge in [-0.3, -0.25) is 0 Å². The highest BCUT2D eigenvalue weighted by Gasteiger charge is 2.30. The average molecular weight is 278 g/mol. The molecule has 0 N–H and O–H groups in total. The Kier molecular flexibility index (Phi) is 3.25. The molecule has 0 saturated heterocycles. The second-order valence-electron chi connectivity index (χ2n) is 3.03. The molecular formula is C9H5F3N2OS2. The zero-order valence-corrected chi connectivity index (χ0v) is 9.77. The molecule has 0 aliphatic rings. The lowest BCUT2D eigenvalue weighted by Crippen LogP contribution is -2.05. The first-order chi connectivity index (χ1) is 7.98. The minimum absolute atomic E-state index is 0.0888. The third-order valence-corrected chi connectivity index (χ3v) is 4.19. The molecule has 0 spiro atoms. The monoisotopic (exact) mass is 278 g/mol. The Morgan fingerprint density at radius 1 is 1.29 bits per heavy atom. The van der Waals surface area contributed by atoms with Crippen molar-refractivity contribution in [2.45, 2.75) is 15.3 Å². The van der Waals surface area contributed by atoms with Gasteiger partial charge in [0.1, 0.15) is 4.21 Å². The maximum absolute atomic E-state index is 12.5. The van der Waals surface area contributed by atoms with Gasteiger partial charge in [-0.15, -0.1) is 5.10 Å². The van der Waals surface area contributed by atoms with Crippen LogP contribution in [-0.2, 0) is 17.0 Å². The quantitative estimate of drug-likeness (QED) is 0.848. The molecule has 0 radical (unpaired) electrons. The van der Waals surface area contributed by atoms with Crippen molar-refractivity contribution in [2.24, 2.45) is 0 Å². The summed E-state index contributed by atoms with van der Waals surface area (Å²) in [5.41, 5.74) is -0.819. The van der Waals surface area contributed by atoms with Crippen LogP contribution < -0.4 is 0 Å². The van der Waals surface area contributed by atoms with Crippen LogP contribution in [0.5, 0.6) is 0 Å². The number of rotatable bonds is 2. The molecule has 0 bridgehead atoms. The van der Waals surface area contributed by atoms with Gasteiger partial charge in [0.15, 0.2) is 0 Å². The summed E-state index contributed by atoms with van der Waals surface area (Å²) < 4.78 is 53.1. The lowest BCUT2D eigenvalue weighted by Gasteiger charge is -2.07. The molecule has 3 nitrogen and oxygen atoms in total. The first-order valence-corrected chi connectivity index (χ1v) is 6.27. The minimum Gasteiger partial charge on any atom is -0.248 e. The summed E-state index contributed by atoms with van der Waals surface area (Å²) in [7, 11) is -1.67. The van der Waals surface area contributed by atoms with Crippen LogP contribution in [0, 0.1) is 0 Å². The van der Waals surface area contributed by atoms with Crippen LogP contribution in [-0.4, -0.2) is 13.8 Å². The zero-order valence-electron chi connectivity index (χ0n) is 8.14. The molecule has 0 fully saturated rings. The van der Waals surface area contributed by atoms with Gasteiger partial charge in [-0.25, -0.2) is 4.21 Å². The Hall–Kier alpha value is -1.28. The van der Waals surface area contributed by atoms with Gasteiger partial charge in [-0.1, -0.05) is 10.6 Å². The molecule has 0 aliphatic carbocycles. The van der Waals surface area contributed by atoms with E-state index < -0.39 is 22.5 Å². The molecule has 2 aromatic rings. The third-order valence-electron chi connectivity index (χ3n) is 1.90. The molecule has 8 heteroatoms. The fourth-order valence-electron chi connectivity index (χ4n) is 1.14. The summed E-state index contributed by atoms with van der Waals surface area (Å²) in [5, 5.41) is 3.49. The van der Waals surface area contributed by atoms with E-state index in [1.807, 2.05) is 0 Å². The van der Waals surface area contributed by atoms with Crippen LogP contribution >= 0.6 is 11.5 Å². The maximum Gasteiger partial charge on any atom is 0.416 e. The number of benzene rings is 1. The first kappa shape index (κ1) is 12.2. The van der Waals surface area contributed by atoms with Gasteiger partial charge < -0.3 is 0 Å². The highest BCUT2D eigenvalue weighted by molar-refractivity contribution is 7.87. The topological polar surface area (TPSA) is 42.9 Å². The molecular weight excluding hydrogens is 273 g/mol. The van der Waals surface area contributed by atoms with E-state index >= 15 is 0 Å². The molecule has 1 heterocycles. The smallest absolute Gasteiger partial charge is 0.248 e. The maximum atomic E-state index is 12.5. The Bertz CT molecular complexity index is 539. The van der Waals surface area contributed by atoms with Crippen molar-refractivity contribution in [3.8, 4) is 0 Å². The molecule has 17 heavy (non-hydrogen) atoms. The second-order valence-corrected chi connectivity index (χ2v) is 5.52. The van der Waals surface area contributed by atoms with E-state index in [9.17, 15) is 17.4 Å². The summed E-state index contributed by atoms with van der Waals surface area (Å²) in [6.45, 7) is 0. The summed E-state index contributed by atoms with van der Waals surface area (Å²) >= 11 is 0.897. The van der Waals surface area contributed by atoms with Crippen molar-refractivity contribution in [1.29, 1.82) is 0 Å². The number of hydrogen-bond acceptors (Lipinski definition) is 4. The molecule has 1 aromatic heterocycles. The molecule has 2 rings (SSSR count). The van der Waals surface area contributed by atoms with Crippen LogP contribution in [0.3, 0.4) is 0 Å². The molecule has 1 aromatic carbocycles. The number of halogens is 3. The van der Waals surface area contributed by atoms with Crippen LogP contribution in [0.15, 0.2) is 39.6 Å². The predicted molar refractivity (Wildman–Crippen MR) is 56.0 cm³/mol.